The van der Waals surface area contributed by atoms with E-state index in [1.807, 2.05) is 6.92 Å². The first-order valence-electron chi connectivity index (χ1n) is 4.75. The number of aliphatic hydroxyl groups is 1. The Kier molecular flexibility index (Phi) is 4.36. The molecule has 1 rings (SSSR count). The van der Waals surface area contributed by atoms with Crippen molar-refractivity contribution in [2.24, 2.45) is 0 Å². The van der Waals surface area contributed by atoms with Gasteiger partial charge in [-0.05, 0) is 30.5 Å². The third kappa shape index (κ3) is 3.28. The van der Waals surface area contributed by atoms with E-state index < -0.39 is 5.82 Å². The molecule has 1 aromatic rings. The van der Waals surface area contributed by atoms with Gasteiger partial charge >= 0.3 is 0 Å². The van der Waals surface area contributed by atoms with Crippen molar-refractivity contribution < 1.29 is 9.50 Å². The maximum Gasteiger partial charge on any atom is 0.142 e. The molecule has 3 heteroatoms. The highest BCUT2D eigenvalue weighted by molar-refractivity contribution is 6.30. The minimum absolute atomic E-state index is 0.124. The topological polar surface area (TPSA) is 20.2 Å². The van der Waals surface area contributed by atoms with E-state index in [1.54, 1.807) is 6.07 Å². The zero-order valence-corrected chi connectivity index (χ0v) is 8.89. The molecule has 14 heavy (non-hydrogen) atoms. The average molecular weight is 217 g/mol. The van der Waals surface area contributed by atoms with Crippen molar-refractivity contribution in [1.29, 1.82) is 0 Å². The first-order valence-corrected chi connectivity index (χ1v) is 5.13. The lowest BCUT2D eigenvalue weighted by molar-refractivity contribution is 0.164. The largest absolute Gasteiger partial charge is 0.393 e. The highest BCUT2D eigenvalue weighted by Gasteiger charge is 2.06. The van der Waals surface area contributed by atoms with Crippen LogP contribution in [-0.4, -0.2) is 11.2 Å². The quantitative estimate of drug-likeness (QED) is 0.820. The highest BCUT2D eigenvalue weighted by Crippen LogP contribution is 2.17. The summed E-state index contributed by atoms with van der Waals surface area (Å²) in [5.41, 5.74) is 0.785. The van der Waals surface area contributed by atoms with Gasteiger partial charge in [0.25, 0.3) is 0 Å². The summed E-state index contributed by atoms with van der Waals surface area (Å²) in [4.78, 5) is 0. The molecule has 0 heterocycles. The SMILES string of the molecule is CCC[C@@H](O)Cc1ccc(Cl)c(F)c1. The minimum Gasteiger partial charge on any atom is -0.393 e. The van der Waals surface area contributed by atoms with Crippen molar-refractivity contribution in [3.8, 4) is 0 Å². The van der Waals surface area contributed by atoms with Crippen LogP contribution < -0.4 is 0 Å². The summed E-state index contributed by atoms with van der Waals surface area (Å²) in [6.07, 6.45) is 1.77. The van der Waals surface area contributed by atoms with Crippen LogP contribution in [0.3, 0.4) is 0 Å². The molecule has 0 saturated heterocycles. The molecule has 1 N–H and O–H groups in total. The Hall–Kier alpha value is -0.600. The monoisotopic (exact) mass is 216 g/mol. The van der Waals surface area contributed by atoms with Gasteiger partial charge in [0.2, 0.25) is 0 Å². The molecular weight excluding hydrogens is 203 g/mol. The van der Waals surface area contributed by atoms with Gasteiger partial charge in [0.1, 0.15) is 5.82 Å². The van der Waals surface area contributed by atoms with Crippen LogP contribution in [0.15, 0.2) is 18.2 Å². The van der Waals surface area contributed by atoms with Gasteiger partial charge in [-0.15, -0.1) is 0 Å². The molecule has 0 spiro atoms. The molecule has 0 unspecified atom stereocenters. The molecule has 1 aromatic carbocycles. The van der Waals surface area contributed by atoms with Crippen molar-refractivity contribution in [3.63, 3.8) is 0 Å². The molecule has 1 atom stereocenters. The molecule has 0 aliphatic carbocycles. The predicted molar refractivity (Wildman–Crippen MR) is 56.0 cm³/mol. The summed E-state index contributed by atoms with van der Waals surface area (Å²) in [7, 11) is 0. The van der Waals surface area contributed by atoms with E-state index in [2.05, 4.69) is 0 Å². The van der Waals surface area contributed by atoms with E-state index >= 15 is 0 Å². The third-order valence-electron chi connectivity index (χ3n) is 2.08. The van der Waals surface area contributed by atoms with Gasteiger partial charge in [0.05, 0.1) is 11.1 Å². The summed E-state index contributed by atoms with van der Waals surface area (Å²) in [6.45, 7) is 2.01. The van der Waals surface area contributed by atoms with Gasteiger partial charge in [0, 0.05) is 0 Å². The standard InChI is InChI=1S/C11H14ClFO/c1-2-3-9(14)6-8-4-5-10(12)11(13)7-8/h4-5,7,9,14H,2-3,6H2,1H3/t9-/m1/s1. The fourth-order valence-electron chi connectivity index (χ4n) is 1.37. The van der Waals surface area contributed by atoms with Crippen LogP contribution >= 0.6 is 11.6 Å². The maximum absolute atomic E-state index is 13.0. The first kappa shape index (κ1) is 11.5. The van der Waals surface area contributed by atoms with E-state index in [9.17, 15) is 9.50 Å². The second-order valence-electron chi connectivity index (χ2n) is 3.40. The molecule has 0 amide bonds. The van der Waals surface area contributed by atoms with Crippen LogP contribution in [0, 0.1) is 5.82 Å². The van der Waals surface area contributed by atoms with Crippen molar-refractivity contribution in [3.05, 3.63) is 34.6 Å². The van der Waals surface area contributed by atoms with Crippen molar-refractivity contribution in [2.75, 3.05) is 0 Å². The molecule has 0 radical (unpaired) electrons. The van der Waals surface area contributed by atoms with Gasteiger partial charge in [-0.3, -0.25) is 0 Å². The summed E-state index contributed by atoms with van der Waals surface area (Å²) >= 11 is 5.54. The van der Waals surface area contributed by atoms with Gasteiger partial charge in [0.15, 0.2) is 0 Å². The Morgan fingerprint density at radius 3 is 2.79 bits per heavy atom. The van der Waals surface area contributed by atoms with Crippen molar-refractivity contribution >= 4 is 11.6 Å². The number of halogens is 2. The molecule has 0 aliphatic heterocycles. The van der Waals surface area contributed by atoms with Crippen LogP contribution in [0.5, 0.6) is 0 Å². The molecule has 0 aromatic heterocycles. The Balaban J connectivity index is 2.63. The number of hydrogen-bond acceptors (Lipinski definition) is 1. The maximum atomic E-state index is 13.0. The van der Waals surface area contributed by atoms with Crippen LogP contribution in [-0.2, 0) is 6.42 Å². The van der Waals surface area contributed by atoms with Gasteiger partial charge in [-0.1, -0.05) is 31.0 Å². The fourth-order valence-corrected chi connectivity index (χ4v) is 1.49. The Morgan fingerprint density at radius 1 is 1.50 bits per heavy atom. The molecule has 0 bridgehead atoms. The number of benzene rings is 1. The van der Waals surface area contributed by atoms with Gasteiger partial charge in [-0.25, -0.2) is 4.39 Å². The second kappa shape index (κ2) is 5.32. The molecule has 0 saturated carbocycles. The van der Waals surface area contributed by atoms with Crippen molar-refractivity contribution in [1.82, 2.24) is 0 Å². The molecule has 0 fully saturated rings. The Bertz CT molecular complexity index is 301. The minimum atomic E-state index is -0.423. The zero-order valence-electron chi connectivity index (χ0n) is 8.13. The predicted octanol–water partition coefficient (Wildman–Crippen LogP) is 3.18. The number of rotatable bonds is 4. The summed E-state index contributed by atoms with van der Waals surface area (Å²) in [5, 5.41) is 9.63. The van der Waals surface area contributed by atoms with Crippen LogP contribution in [0.2, 0.25) is 5.02 Å². The Labute approximate surface area is 88.5 Å². The summed E-state index contributed by atoms with van der Waals surface area (Å²) in [5.74, 6) is -0.423. The summed E-state index contributed by atoms with van der Waals surface area (Å²) in [6, 6.07) is 4.64. The molecule has 1 nitrogen and oxygen atoms in total. The molecule has 0 aliphatic rings. The molecule has 78 valence electrons. The van der Waals surface area contributed by atoms with E-state index in [1.165, 1.54) is 12.1 Å². The van der Waals surface area contributed by atoms with E-state index in [-0.39, 0.29) is 11.1 Å². The van der Waals surface area contributed by atoms with Crippen LogP contribution in [0.4, 0.5) is 4.39 Å². The average Bonchev–Trinajstić information content (AvgIpc) is 2.12. The lowest BCUT2D eigenvalue weighted by atomic mass is 10.0. The molecular formula is C11H14ClFO. The Morgan fingerprint density at radius 2 is 2.21 bits per heavy atom. The zero-order chi connectivity index (χ0) is 10.6. The van der Waals surface area contributed by atoms with E-state index in [4.69, 9.17) is 11.6 Å². The lowest BCUT2D eigenvalue weighted by Crippen LogP contribution is -2.09. The van der Waals surface area contributed by atoms with Crippen LogP contribution in [0.1, 0.15) is 25.3 Å². The normalized spacial score (nSPS) is 12.9. The smallest absolute Gasteiger partial charge is 0.142 e. The second-order valence-corrected chi connectivity index (χ2v) is 3.80. The van der Waals surface area contributed by atoms with E-state index in [0.29, 0.717) is 6.42 Å². The number of aliphatic hydroxyl groups excluding tert-OH is 1. The number of hydrogen-bond donors (Lipinski definition) is 1. The lowest BCUT2D eigenvalue weighted by Gasteiger charge is -2.09. The third-order valence-corrected chi connectivity index (χ3v) is 2.38. The summed E-state index contributed by atoms with van der Waals surface area (Å²) < 4.78 is 13.0. The van der Waals surface area contributed by atoms with Gasteiger partial charge in [-0.2, -0.15) is 0 Å². The first-order chi connectivity index (χ1) is 6.63. The van der Waals surface area contributed by atoms with Crippen molar-refractivity contribution in [2.45, 2.75) is 32.3 Å². The fraction of sp³-hybridized carbons (Fsp3) is 0.455. The van der Waals surface area contributed by atoms with Crippen LogP contribution in [0.25, 0.3) is 0 Å². The van der Waals surface area contributed by atoms with E-state index in [0.717, 1.165) is 18.4 Å². The highest BCUT2D eigenvalue weighted by atomic mass is 35.5. The van der Waals surface area contributed by atoms with Gasteiger partial charge < -0.3 is 5.11 Å².